The molecule has 27 heavy (non-hydrogen) atoms. The Kier molecular flexibility index (Phi) is 8.40. The molecule has 0 aromatic rings. The normalized spacial score (nSPS) is 22.0. The molecule has 2 N–H and O–H groups in total. The van der Waals surface area contributed by atoms with E-state index in [9.17, 15) is 8.42 Å². The zero-order valence-electron chi connectivity index (χ0n) is 17.8. The van der Waals surface area contributed by atoms with E-state index in [1.165, 1.54) is 32.1 Å². The van der Waals surface area contributed by atoms with Gasteiger partial charge < -0.3 is 15.5 Å². The fourth-order valence-electron chi connectivity index (χ4n) is 3.95. The number of rotatable bonds is 6. The first-order chi connectivity index (χ1) is 12.7. The third kappa shape index (κ3) is 6.93. The highest BCUT2D eigenvalue weighted by Gasteiger charge is 2.29. The molecule has 2 rings (SSSR count). The first-order valence-electron chi connectivity index (χ1n) is 10.7. The molecule has 1 aliphatic heterocycles. The fraction of sp³-hybridized carbons (Fsp3) is 0.950. The third-order valence-corrected chi connectivity index (χ3v) is 8.45. The van der Waals surface area contributed by atoms with Crippen molar-refractivity contribution in [3.63, 3.8) is 0 Å². The molecule has 0 radical (unpaired) electrons. The predicted molar refractivity (Wildman–Crippen MR) is 114 cm³/mol. The summed E-state index contributed by atoms with van der Waals surface area (Å²) in [4.78, 5) is 7.19. The Morgan fingerprint density at radius 2 is 1.70 bits per heavy atom. The lowest BCUT2D eigenvalue weighted by Crippen LogP contribution is -2.51. The Bertz CT molecular complexity index is 569. The second-order valence-electron chi connectivity index (χ2n) is 8.94. The number of hydrogen-bond acceptors (Lipinski definition) is 4. The molecule has 1 aliphatic carbocycles. The molecule has 2 aliphatic rings. The van der Waals surface area contributed by atoms with Crippen LogP contribution in [0.5, 0.6) is 0 Å². The summed E-state index contributed by atoms with van der Waals surface area (Å²) in [5.41, 5.74) is 0. The fourth-order valence-corrected chi connectivity index (χ4v) is 4.90. The van der Waals surface area contributed by atoms with E-state index in [0.29, 0.717) is 12.6 Å². The minimum atomic E-state index is -3.13. The zero-order chi connectivity index (χ0) is 19.9. The van der Waals surface area contributed by atoms with Crippen LogP contribution in [-0.4, -0.2) is 68.0 Å². The van der Waals surface area contributed by atoms with E-state index in [0.717, 1.165) is 44.5 Å². The summed E-state index contributed by atoms with van der Waals surface area (Å²) in [5, 5.41) is 6.78. The molecule has 1 saturated heterocycles. The molecule has 0 amide bonds. The van der Waals surface area contributed by atoms with Gasteiger partial charge in [-0.2, -0.15) is 0 Å². The van der Waals surface area contributed by atoms with Crippen molar-refractivity contribution in [2.45, 2.75) is 89.5 Å². The zero-order valence-corrected chi connectivity index (χ0v) is 18.6. The van der Waals surface area contributed by atoms with Crippen LogP contribution in [-0.2, 0) is 9.84 Å². The molecule has 158 valence electrons. The molecular formula is C20H40N4O2S. The average molecular weight is 401 g/mol. The summed E-state index contributed by atoms with van der Waals surface area (Å²) in [6.45, 7) is 10.7. The lowest BCUT2D eigenvalue weighted by molar-refractivity contribution is 0.119. The van der Waals surface area contributed by atoms with E-state index in [1.807, 2.05) is 6.92 Å². The van der Waals surface area contributed by atoms with Crippen molar-refractivity contribution < 1.29 is 8.42 Å². The Labute approximate surface area is 166 Å². The van der Waals surface area contributed by atoms with Crippen LogP contribution in [0.3, 0.4) is 0 Å². The van der Waals surface area contributed by atoms with Crippen LogP contribution in [0.15, 0.2) is 4.99 Å². The van der Waals surface area contributed by atoms with Gasteiger partial charge in [-0.3, -0.25) is 4.99 Å². The largest absolute Gasteiger partial charge is 0.357 e. The highest BCUT2D eigenvalue weighted by Crippen LogP contribution is 2.25. The molecule has 1 saturated carbocycles. The molecule has 0 spiro atoms. The van der Waals surface area contributed by atoms with Crippen LogP contribution in [0.2, 0.25) is 0 Å². The third-order valence-electron chi connectivity index (χ3n) is 5.87. The van der Waals surface area contributed by atoms with E-state index < -0.39 is 14.6 Å². The minimum absolute atomic E-state index is 0.0905. The van der Waals surface area contributed by atoms with E-state index in [2.05, 4.69) is 20.5 Å². The highest BCUT2D eigenvalue weighted by molar-refractivity contribution is 7.92. The summed E-state index contributed by atoms with van der Waals surface area (Å²) < 4.78 is 23.8. The van der Waals surface area contributed by atoms with Gasteiger partial charge in [0.2, 0.25) is 0 Å². The van der Waals surface area contributed by atoms with Gasteiger partial charge in [-0.05, 0) is 53.4 Å². The number of nitrogens with zero attached hydrogens (tertiary/aromatic N) is 2. The average Bonchev–Trinajstić information content (AvgIpc) is 2.62. The second-order valence-corrected chi connectivity index (χ2v) is 11.8. The maximum absolute atomic E-state index is 12.3. The maximum atomic E-state index is 12.3. The number of piperidine rings is 1. The van der Waals surface area contributed by atoms with Crippen molar-refractivity contribution >= 4 is 15.8 Å². The topological polar surface area (TPSA) is 73.8 Å². The first kappa shape index (κ1) is 22.5. The van der Waals surface area contributed by atoms with Crippen molar-refractivity contribution in [1.82, 2.24) is 15.5 Å². The van der Waals surface area contributed by atoms with Crippen molar-refractivity contribution in [1.29, 1.82) is 0 Å². The molecule has 0 bridgehead atoms. The van der Waals surface area contributed by atoms with Crippen molar-refractivity contribution in [2.24, 2.45) is 4.99 Å². The Balaban J connectivity index is 1.82. The van der Waals surface area contributed by atoms with Crippen LogP contribution in [0.4, 0.5) is 0 Å². The van der Waals surface area contributed by atoms with Crippen molar-refractivity contribution in [2.75, 3.05) is 31.9 Å². The molecule has 1 heterocycles. The van der Waals surface area contributed by atoms with Gasteiger partial charge in [-0.15, -0.1) is 0 Å². The number of aliphatic imine (C=N–C) groups is 1. The van der Waals surface area contributed by atoms with E-state index >= 15 is 0 Å². The number of nitrogens with one attached hydrogen (secondary N) is 2. The van der Waals surface area contributed by atoms with Crippen LogP contribution in [0, 0.1) is 0 Å². The summed E-state index contributed by atoms with van der Waals surface area (Å²) in [7, 11) is -3.13. The number of likely N-dealkylation sites (tertiary alicyclic amines) is 1. The summed E-state index contributed by atoms with van der Waals surface area (Å²) in [6, 6.07) is 1.21. The molecule has 6 nitrogen and oxygen atoms in total. The first-order valence-corrected chi connectivity index (χ1v) is 12.4. The predicted octanol–water partition coefficient (Wildman–Crippen LogP) is 2.55. The number of guanidine groups is 1. The van der Waals surface area contributed by atoms with Gasteiger partial charge in [-0.25, -0.2) is 8.42 Å². The van der Waals surface area contributed by atoms with Gasteiger partial charge in [0.25, 0.3) is 0 Å². The molecule has 0 aromatic heterocycles. The summed E-state index contributed by atoms with van der Waals surface area (Å²) in [6.07, 6.45) is 9.16. The van der Waals surface area contributed by atoms with E-state index in [1.54, 1.807) is 20.8 Å². The maximum Gasteiger partial charge on any atom is 0.191 e. The number of sulfone groups is 1. The Morgan fingerprint density at radius 3 is 2.26 bits per heavy atom. The van der Waals surface area contributed by atoms with E-state index in [-0.39, 0.29) is 5.75 Å². The van der Waals surface area contributed by atoms with Crippen LogP contribution >= 0.6 is 0 Å². The SMILES string of the molecule is CCNC(=NCCS(=O)(=O)C(C)(C)C)NC1CCN(C2CCCCC2)CC1. The Hall–Kier alpha value is -0.820. The monoisotopic (exact) mass is 400 g/mol. The van der Waals surface area contributed by atoms with Crippen LogP contribution < -0.4 is 10.6 Å². The van der Waals surface area contributed by atoms with Gasteiger partial charge >= 0.3 is 0 Å². The van der Waals surface area contributed by atoms with Crippen LogP contribution in [0.25, 0.3) is 0 Å². The molecular weight excluding hydrogens is 360 g/mol. The second kappa shape index (κ2) is 10.1. The standard InChI is InChI=1S/C20H40N4O2S/c1-5-21-19(22-13-16-27(25,26)20(2,3)4)23-17-11-14-24(15-12-17)18-9-7-6-8-10-18/h17-18H,5-16H2,1-4H3,(H2,21,22,23). The molecule has 0 aromatic carbocycles. The lowest BCUT2D eigenvalue weighted by Gasteiger charge is -2.39. The molecule has 0 unspecified atom stereocenters. The minimum Gasteiger partial charge on any atom is -0.357 e. The van der Waals surface area contributed by atoms with Crippen molar-refractivity contribution in [3.05, 3.63) is 0 Å². The molecule has 2 fully saturated rings. The molecule has 7 heteroatoms. The van der Waals surface area contributed by atoms with E-state index in [4.69, 9.17) is 0 Å². The van der Waals surface area contributed by atoms with Crippen molar-refractivity contribution in [3.8, 4) is 0 Å². The quantitative estimate of drug-likeness (QED) is 0.529. The van der Waals surface area contributed by atoms with Gasteiger partial charge in [0.05, 0.1) is 17.0 Å². The van der Waals surface area contributed by atoms with Gasteiger partial charge in [-0.1, -0.05) is 19.3 Å². The van der Waals surface area contributed by atoms with Gasteiger partial charge in [0.15, 0.2) is 15.8 Å². The molecule has 0 atom stereocenters. The Morgan fingerprint density at radius 1 is 1.07 bits per heavy atom. The van der Waals surface area contributed by atoms with Gasteiger partial charge in [0.1, 0.15) is 0 Å². The smallest absolute Gasteiger partial charge is 0.191 e. The lowest BCUT2D eigenvalue weighted by atomic mass is 9.92. The highest BCUT2D eigenvalue weighted by atomic mass is 32.2. The summed E-state index contributed by atoms with van der Waals surface area (Å²) >= 11 is 0. The summed E-state index contributed by atoms with van der Waals surface area (Å²) in [5.74, 6) is 0.838. The van der Waals surface area contributed by atoms with Crippen LogP contribution in [0.1, 0.15) is 72.6 Å². The van der Waals surface area contributed by atoms with Gasteiger partial charge in [0, 0.05) is 31.7 Å². The number of hydrogen-bond donors (Lipinski definition) is 2.